The van der Waals surface area contributed by atoms with Gasteiger partial charge in [0.05, 0.1) is 0 Å². The lowest BCUT2D eigenvalue weighted by Crippen LogP contribution is -2.36. The third kappa shape index (κ3) is 5.95. The van der Waals surface area contributed by atoms with Gasteiger partial charge in [-0.05, 0) is 49.4 Å². The molecule has 27 heavy (non-hydrogen) atoms. The summed E-state index contributed by atoms with van der Waals surface area (Å²) >= 11 is 0. The van der Waals surface area contributed by atoms with Crippen molar-refractivity contribution < 1.29 is 9.59 Å². The molecule has 0 saturated heterocycles. The van der Waals surface area contributed by atoms with E-state index in [1.807, 2.05) is 18.2 Å². The largest absolute Gasteiger partial charge is 0.352 e. The van der Waals surface area contributed by atoms with Crippen molar-refractivity contribution in [3.8, 4) is 0 Å². The molecule has 1 fully saturated rings. The van der Waals surface area contributed by atoms with Crippen molar-refractivity contribution in [2.75, 3.05) is 6.54 Å². The molecule has 0 unspecified atom stereocenters. The highest BCUT2D eigenvalue weighted by Gasteiger charge is 2.17. The number of benzene rings is 2. The summed E-state index contributed by atoms with van der Waals surface area (Å²) in [6.45, 7) is 0.617. The van der Waals surface area contributed by atoms with Gasteiger partial charge in [0.25, 0.3) is 11.8 Å². The second-order valence-electron chi connectivity index (χ2n) is 7.23. The van der Waals surface area contributed by atoms with Crippen molar-refractivity contribution in [2.24, 2.45) is 0 Å². The van der Waals surface area contributed by atoms with Gasteiger partial charge in [-0.2, -0.15) is 0 Å². The van der Waals surface area contributed by atoms with E-state index in [1.54, 1.807) is 24.3 Å². The second kappa shape index (κ2) is 9.91. The van der Waals surface area contributed by atoms with Crippen LogP contribution in [0.25, 0.3) is 0 Å². The highest BCUT2D eigenvalue weighted by atomic mass is 16.2. The summed E-state index contributed by atoms with van der Waals surface area (Å²) in [6.07, 6.45) is 7.53. The molecule has 1 saturated carbocycles. The van der Waals surface area contributed by atoms with E-state index < -0.39 is 0 Å². The monoisotopic (exact) mass is 364 g/mol. The summed E-state index contributed by atoms with van der Waals surface area (Å²) in [5.74, 6) is -0.212. The normalized spacial score (nSPS) is 14.5. The summed E-state index contributed by atoms with van der Waals surface area (Å²) in [5, 5.41) is 6.05. The molecule has 0 radical (unpaired) electrons. The Bertz CT molecular complexity index is 752. The zero-order chi connectivity index (χ0) is 18.9. The Balaban J connectivity index is 1.48. The molecule has 2 aromatic rings. The van der Waals surface area contributed by atoms with Gasteiger partial charge in [-0.25, -0.2) is 0 Å². The zero-order valence-electron chi connectivity index (χ0n) is 15.7. The van der Waals surface area contributed by atoms with Crippen LogP contribution in [0.2, 0.25) is 0 Å². The highest BCUT2D eigenvalue weighted by Crippen LogP contribution is 2.18. The van der Waals surface area contributed by atoms with Gasteiger partial charge < -0.3 is 10.6 Å². The Hall–Kier alpha value is -2.62. The van der Waals surface area contributed by atoms with Gasteiger partial charge in [0, 0.05) is 23.7 Å². The van der Waals surface area contributed by atoms with E-state index in [-0.39, 0.29) is 17.9 Å². The van der Waals surface area contributed by atoms with E-state index in [0.29, 0.717) is 17.7 Å². The number of carbonyl (C=O) groups excluding carboxylic acids is 2. The molecule has 0 aliphatic heterocycles. The Kier molecular flexibility index (Phi) is 7.03. The molecule has 142 valence electrons. The lowest BCUT2D eigenvalue weighted by molar-refractivity contribution is 0.0927. The minimum atomic E-state index is -0.129. The fourth-order valence-corrected chi connectivity index (χ4v) is 3.56. The molecule has 2 amide bonds. The van der Waals surface area contributed by atoms with Gasteiger partial charge in [-0.15, -0.1) is 0 Å². The van der Waals surface area contributed by atoms with Crippen LogP contribution in [-0.2, 0) is 6.42 Å². The number of hydrogen-bond donors (Lipinski definition) is 2. The minimum absolute atomic E-state index is 0.0828. The number of carbonyl (C=O) groups is 2. The molecule has 0 atom stereocenters. The van der Waals surface area contributed by atoms with Crippen molar-refractivity contribution in [3.63, 3.8) is 0 Å². The SMILES string of the molecule is O=C(NCCCc1ccccc1)c1cccc(C(=O)NC2CCCCC2)c1. The summed E-state index contributed by atoms with van der Waals surface area (Å²) in [4.78, 5) is 24.8. The first kappa shape index (κ1) is 19.2. The van der Waals surface area contributed by atoms with Crippen LogP contribution in [0.1, 0.15) is 64.8 Å². The van der Waals surface area contributed by atoms with Gasteiger partial charge in [-0.3, -0.25) is 9.59 Å². The average molecular weight is 364 g/mol. The fraction of sp³-hybridized carbons (Fsp3) is 0.391. The second-order valence-corrected chi connectivity index (χ2v) is 7.23. The molecule has 0 spiro atoms. The predicted octanol–water partition coefficient (Wildman–Crippen LogP) is 4.11. The van der Waals surface area contributed by atoms with Crippen LogP contribution in [-0.4, -0.2) is 24.4 Å². The molecule has 0 aromatic heterocycles. The summed E-state index contributed by atoms with van der Waals surface area (Å²) < 4.78 is 0. The zero-order valence-corrected chi connectivity index (χ0v) is 15.7. The van der Waals surface area contributed by atoms with Crippen LogP contribution in [0.3, 0.4) is 0 Å². The van der Waals surface area contributed by atoms with E-state index in [0.717, 1.165) is 25.7 Å². The first-order valence-corrected chi connectivity index (χ1v) is 9.95. The van der Waals surface area contributed by atoms with E-state index in [4.69, 9.17) is 0 Å². The smallest absolute Gasteiger partial charge is 0.251 e. The van der Waals surface area contributed by atoms with Crippen LogP contribution in [0, 0.1) is 0 Å². The van der Waals surface area contributed by atoms with E-state index in [2.05, 4.69) is 22.8 Å². The topological polar surface area (TPSA) is 58.2 Å². The Morgan fingerprint density at radius 3 is 2.30 bits per heavy atom. The number of aryl methyl sites for hydroxylation is 1. The lowest BCUT2D eigenvalue weighted by atomic mass is 9.95. The number of amides is 2. The fourth-order valence-electron chi connectivity index (χ4n) is 3.56. The summed E-state index contributed by atoms with van der Waals surface area (Å²) in [6, 6.07) is 17.5. The highest BCUT2D eigenvalue weighted by molar-refractivity contribution is 5.99. The van der Waals surface area contributed by atoms with Crippen LogP contribution in [0.5, 0.6) is 0 Å². The van der Waals surface area contributed by atoms with Crippen LogP contribution < -0.4 is 10.6 Å². The van der Waals surface area contributed by atoms with Crippen molar-refractivity contribution in [3.05, 3.63) is 71.3 Å². The van der Waals surface area contributed by atoms with E-state index in [9.17, 15) is 9.59 Å². The molecule has 1 aliphatic carbocycles. The van der Waals surface area contributed by atoms with Crippen LogP contribution >= 0.6 is 0 Å². The van der Waals surface area contributed by atoms with Crippen molar-refractivity contribution in [1.29, 1.82) is 0 Å². The molecule has 2 N–H and O–H groups in total. The molecule has 0 heterocycles. The molecule has 4 heteroatoms. The standard InChI is InChI=1S/C23H28N2O2/c26-22(24-16-8-11-18-9-3-1-4-10-18)19-12-7-13-20(17-19)23(27)25-21-14-5-2-6-15-21/h1,3-4,7,9-10,12-13,17,21H,2,5-6,8,11,14-16H2,(H,24,26)(H,25,27). The van der Waals surface area contributed by atoms with Gasteiger partial charge in [0.2, 0.25) is 0 Å². The van der Waals surface area contributed by atoms with Gasteiger partial charge in [0.15, 0.2) is 0 Å². The van der Waals surface area contributed by atoms with Crippen molar-refractivity contribution in [1.82, 2.24) is 10.6 Å². The molecule has 1 aliphatic rings. The molecule has 3 rings (SSSR count). The van der Waals surface area contributed by atoms with Gasteiger partial charge >= 0.3 is 0 Å². The quantitative estimate of drug-likeness (QED) is 0.726. The molecular formula is C23H28N2O2. The first-order valence-electron chi connectivity index (χ1n) is 9.95. The maximum absolute atomic E-state index is 12.5. The maximum Gasteiger partial charge on any atom is 0.251 e. The first-order chi connectivity index (χ1) is 13.2. The van der Waals surface area contributed by atoms with Crippen LogP contribution in [0.15, 0.2) is 54.6 Å². The molecule has 4 nitrogen and oxygen atoms in total. The van der Waals surface area contributed by atoms with Crippen molar-refractivity contribution in [2.45, 2.75) is 51.0 Å². The molecular weight excluding hydrogens is 336 g/mol. The van der Waals surface area contributed by atoms with E-state index in [1.165, 1.54) is 24.8 Å². The lowest BCUT2D eigenvalue weighted by Gasteiger charge is -2.22. The molecule has 2 aromatic carbocycles. The third-order valence-corrected chi connectivity index (χ3v) is 5.10. The van der Waals surface area contributed by atoms with Crippen LogP contribution in [0.4, 0.5) is 0 Å². The maximum atomic E-state index is 12.5. The number of hydrogen-bond acceptors (Lipinski definition) is 2. The van der Waals surface area contributed by atoms with E-state index >= 15 is 0 Å². The Labute approximate surface area is 161 Å². The Morgan fingerprint density at radius 2 is 1.56 bits per heavy atom. The molecule has 0 bridgehead atoms. The van der Waals surface area contributed by atoms with Gasteiger partial charge in [0.1, 0.15) is 0 Å². The summed E-state index contributed by atoms with van der Waals surface area (Å²) in [5.41, 5.74) is 2.36. The average Bonchev–Trinajstić information content (AvgIpc) is 2.72. The minimum Gasteiger partial charge on any atom is -0.352 e. The third-order valence-electron chi connectivity index (χ3n) is 5.10. The van der Waals surface area contributed by atoms with Crippen molar-refractivity contribution >= 4 is 11.8 Å². The summed E-state index contributed by atoms with van der Waals surface area (Å²) in [7, 11) is 0. The predicted molar refractivity (Wildman–Crippen MR) is 108 cm³/mol. The van der Waals surface area contributed by atoms with Gasteiger partial charge in [-0.1, -0.05) is 55.7 Å². The Morgan fingerprint density at radius 1 is 0.852 bits per heavy atom. The number of rotatable bonds is 7. The number of nitrogens with one attached hydrogen (secondary N) is 2.